The van der Waals surface area contributed by atoms with Crippen LogP contribution in [0, 0.1) is 28.6 Å². The van der Waals surface area contributed by atoms with Crippen molar-refractivity contribution in [3.8, 4) is 0 Å². The lowest BCUT2D eigenvalue weighted by molar-refractivity contribution is -0.151. The number of fused-ring (bicyclic) bond motifs is 1. The van der Waals surface area contributed by atoms with Crippen LogP contribution in [0.3, 0.4) is 0 Å². The largest absolute Gasteiger partial charge is 0.481 e. The van der Waals surface area contributed by atoms with Crippen molar-refractivity contribution < 1.29 is 25.2 Å². The number of hydrogen-bond donors (Lipinski definition) is 4. The summed E-state index contributed by atoms with van der Waals surface area (Å²) in [6.07, 6.45) is 12.3. The van der Waals surface area contributed by atoms with Crippen LogP contribution in [0.1, 0.15) is 72.6 Å². The molecule has 0 aromatic rings. The standard InChI is InChI=1S/C28H42O5/c1-17(8-13-25(31)27(3,4)26(32)33)22-11-12-23-19(7-6-14-28(22,23)5)9-10-20-15-21(29)16-24(30)18(20)2/h8-10,13,17,21-25,29-31H,2,6-7,11-12,14-16H2,1,3-5H3,(H,32,33)/b13-8+,19-9+,20-10-/t17-,21-,22-,23+,24+,25+,28-/m1/s1. The van der Waals surface area contributed by atoms with Crippen LogP contribution in [0.5, 0.6) is 0 Å². The molecule has 5 nitrogen and oxygen atoms in total. The summed E-state index contributed by atoms with van der Waals surface area (Å²) in [5, 5.41) is 39.9. The first-order valence-electron chi connectivity index (χ1n) is 12.4. The van der Waals surface area contributed by atoms with Crippen LogP contribution in [-0.2, 0) is 4.79 Å². The van der Waals surface area contributed by atoms with Crippen LogP contribution in [0.2, 0.25) is 0 Å². The van der Waals surface area contributed by atoms with E-state index < -0.39 is 29.7 Å². The van der Waals surface area contributed by atoms with Gasteiger partial charge in [0, 0.05) is 6.42 Å². The third-order valence-electron chi connectivity index (χ3n) is 8.82. The van der Waals surface area contributed by atoms with Crippen LogP contribution in [0.15, 0.2) is 47.6 Å². The van der Waals surface area contributed by atoms with Crippen molar-refractivity contribution in [1.82, 2.24) is 0 Å². The van der Waals surface area contributed by atoms with E-state index in [0.29, 0.717) is 24.7 Å². The number of aliphatic hydroxyl groups excluding tert-OH is 3. The number of rotatable bonds is 6. The highest BCUT2D eigenvalue weighted by atomic mass is 16.4. The molecule has 5 heteroatoms. The number of carboxylic acid groups (broad SMARTS) is 1. The Morgan fingerprint density at radius 2 is 1.91 bits per heavy atom. The second kappa shape index (κ2) is 9.89. The van der Waals surface area contributed by atoms with Crippen molar-refractivity contribution in [3.63, 3.8) is 0 Å². The average Bonchev–Trinajstić information content (AvgIpc) is 3.10. The van der Waals surface area contributed by atoms with Crippen LogP contribution < -0.4 is 0 Å². The highest BCUT2D eigenvalue weighted by Crippen LogP contribution is 2.59. The summed E-state index contributed by atoms with van der Waals surface area (Å²) in [6.45, 7) is 11.7. The molecular weight excluding hydrogens is 416 g/mol. The lowest BCUT2D eigenvalue weighted by atomic mass is 9.61. The first-order valence-corrected chi connectivity index (χ1v) is 12.4. The van der Waals surface area contributed by atoms with Gasteiger partial charge in [0.05, 0.1) is 23.7 Å². The molecule has 0 aromatic heterocycles. The van der Waals surface area contributed by atoms with Crippen LogP contribution >= 0.6 is 0 Å². The van der Waals surface area contributed by atoms with Gasteiger partial charge >= 0.3 is 5.97 Å². The maximum absolute atomic E-state index is 11.4. The Morgan fingerprint density at radius 3 is 2.58 bits per heavy atom. The molecule has 0 aliphatic heterocycles. The van der Waals surface area contributed by atoms with Gasteiger partial charge in [0.1, 0.15) is 0 Å². The number of aliphatic carboxylic acids is 1. The maximum Gasteiger partial charge on any atom is 0.312 e. The molecule has 3 fully saturated rings. The topological polar surface area (TPSA) is 98.0 Å². The Kier molecular flexibility index (Phi) is 7.77. The summed E-state index contributed by atoms with van der Waals surface area (Å²) in [5.74, 6) is 0.219. The molecule has 0 amide bonds. The van der Waals surface area contributed by atoms with Gasteiger partial charge in [0.2, 0.25) is 0 Å². The Bertz CT molecular complexity index is 850. The summed E-state index contributed by atoms with van der Waals surface area (Å²) in [4.78, 5) is 11.4. The number of carboxylic acids is 1. The average molecular weight is 459 g/mol. The lowest BCUT2D eigenvalue weighted by Crippen LogP contribution is -2.37. The fraction of sp³-hybridized carbons (Fsp3) is 0.679. The highest BCUT2D eigenvalue weighted by molar-refractivity contribution is 5.74. The molecule has 3 aliphatic carbocycles. The summed E-state index contributed by atoms with van der Waals surface area (Å²) < 4.78 is 0. The lowest BCUT2D eigenvalue weighted by Gasteiger charge is -2.44. The molecule has 0 unspecified atom stereocenters. The molecule has 0 spiro atoms. The van der Waals surface area contributed by atoms with Gasteiger partial charge in [0.25, 0.3) is 0 Å². The van der Waals surface area contributed by atoms with Crippen molar-refractivity contribution >= 4 is 5.97 Å². The molecule has 3 saturated carbocycles. The molecule has 184 valence electrons. The van der Waals surface area contributed by atoms with E-state index in [4.69, 9.17) is 0 Å². The van der Waals surface area contributed by atoms with E-state index in [9.17, 15) is 25.2 Å². The van der Waals surface area contributed by atoms with Gasteiger partial charge in [0.15, 0.2) is 0 Å². The monoisotopic (exact) mass is 458 g/mol. The van der Waals surface area contributed by atoms with Gasteiger partial charge in [-0.3, -0.25) is 4.79 Å². The normalized spacial score (nSPS) is 37.5. The maximum atomic E-state index is 11.4. The third kappa shape index (κ3) is 5.21. The molecule has 0 heterocycles. The number of carbonyl (C=O) groups is 1. The number of hydrogen-bond acceptors (Lipinski definition) is 4. The Morgan fingerprint density at radius 1 is 1.21 bits per heavy atom. The zero-order valence-electron chi connectivity index (χ0n) is 20.6. The minimum absolute atomic E-state index is 0.169. The molecule has 0 bridgehead atoms. The fourth-order valence-corrected chi connectivity index (χ4v) is 6.39. The van der Waals surface area contributed by atoms with Crippen LogP contribution in [-0.4, -0.2) is 44.7 Å². The number of allylic oxidation sites excluding steroid dienone is 4. The van der Waals surface area contributed by atoms with Gasteiger partial charge in [-0.1, -0.05) is 50.3 Å². The van der Waals surface area contributed by atoms with Crippen molar-refractivity contribution in [2.75, 3.05) is 0 Å². The smallest absolute Gasteiger partial charge is 0.312 e. The summed E-state index contributed by atoms with van der Waals surface area (Å²) in [5.41, 5.74) is 2.08. The Balaban J connectivity index is 1.76. The SMILES string of the molecule is C=C1/C(=C\C=C2/CCC[C@]3(C)[C@@H]([C@H](C)/C=C/[C@H](O)C(C)(C)C(=O)O)CC[C@@H]23)C[C@@H](O)C[C@@H]1O. The van der Waals surface area contributed by atoms with Crippen LogP contribution in [0.4, 0.5) is 0 Å². The molecular formula is C28H42O5. The predicted octanol–water partition coefficient (Wildman–Crippen LogP) is 4.79. The number of aliphatic hydroxyl groups is 3. The quantitative estimate of drug-likeness (QED) is 0.429. The molecule has 3 rings (SSSR count). The molecule has 0 saturated heterocycles. The van der Waals surface area contributed by atoms with Gasteiger partial charge < -0.3 is 20.4 Å². The van der Waals surface area contributed by atoms with E-state index >= 15 is 0 Å². The first kappa shape index (κ1) is 25.9. The van der Waals surface area contributed by atoms with E-state index in [0.717, 1.165) is 36.8 Å². The van der Waals surface area contributed by atoms with E-state index in [1.807, 2.05) is 6.08 Å². The minimum atomic E-state index is -1.21. The predicted molar refractivity (Wildman–Crippen MR) is 130 cm³/mol. The Hall–Kier alpha value is -1.69. The zero-order valence-corrected chi connectivity index (χ0v) is 20.6. The molecule has 0 aromatic carbocycles. The third-order valence-corrected chi connectivity index (χ3v) is 8.82. The minimum Gasteiger partial charge on any atom is -0.481 e. The summed E-state index contributed by atoms with van der Waals surface area (Å²) in [7, 11) is 0. The second-order valence-corrected chi connectivity index (χ2v) is 11.4. The fourth-order valence-electron chi connectivity index (χ4n) is 6.39. The molecule has 4 N–H and O–H groups in total. The van der Waals surface area contributed by atoms with Gasteiger partial charge in [-0.05, 0) is 86.7 Å². The second-order valence-electron chi connectivity index (χ2n) is 11.4. The first-order chi connectivity index (χ1) is 15.4. The molecule has 7 atom stereocenters. The summed E-state index contributed by atoms with van der Waals surface area (Å²) in [6, 6.07) is 0. The van der Waals surface area contributed by atoms with Crippen molar-refractivity contribution in [2.45, 2.75) is 91.0 Å². The highest BCUT2D eigenvalue weighted by Gasteiger charge is 2.50. The zero-order chi connectivity index (χ0) is 24.6. The van der Waals surface area contributed by atoms with E-state index in [1.54, 1.807) is 19.9 Å². The van der Waals surface area contributed by atoms with Crippen molar-refractivity contribution in [1.29, 1.82) is 0 Å². The van der Waals surface area contributed by atoms with Crippen LogP contribution in [0.25, 0.3) is 0 Å². The van der Waals surface area contributed by atoms with Gasteiger partial charge in [-0.2, -0.15) is 0 Å². The van der Waals surface area contributed by atoms with E-state index in [-0.39, 0.29) is 11.3 Å². The van der Waals surface area contributed by atoms with Crippen molar-refractivity contribution in [2.24, 2.45) is 28.6 Å². The summed E-state index contributed by atoms with van der Waals surface area (Å²) >= 11 is 0. The Labute approximate surface area is 198 Å². The van der Waals surface area contributed by atoms with E-state index in [2.05, 4.69) is 32.6 Å². The molecule has 33 heavy (non-hydrogen) atoms. The van der Waals surface area contributed by atoms with Crippen molar-refractivity contribution in [3.05, 3.63) is 47.6 Å². The molecule has 0 radical (unpaired) electrons. The van der Waals surface area contributed by atoms with Gasteiger partial charge in [-0.15, -0.1) is 0 Å². The van der Waals surface area contributed by atoms with Gasteiger partial charge in [-0.25, -0.2) is 0 Å². The van der Waals surface area contributed by atoms with E-state index in [1.165, 1.54) is 12.0 Å². The molecule has 3 aliphatic rings.